The fourth-order valence-electron chi connectivity index (χ4n) is 1.95. The predicted octanol–water partition coefficient (Wildman–Crippen LogP) is 0.998. The smallest absolute Gasteiger partial charge is 0.317 e. The molecule has 0 aliphatic rings. The zero-order valence-corrected chi connectivity index (χ0v) is 12.2. The van der Waals surface area contributed by atoms with Gasteiger partial charge in [0, 0.05) is 26.7 Å². The summed E-state index contributed by atoms with van der Waals surface area (Å²) in [6, 6.07) is 4.88. The third kappa shape index (κ3) is 5.14. The largest absolute Gasteiger partial charge is 0.480 e. The van der Waals surface area contributed by atoms with Crippen molar-refractivity contribution in [2.75, 3.05) is 45.7 Å². The Bertz CT molecular complexity index is 454. The lowest BCUT2D eigenvalue weighted by atomic mass is 10.1. The van der Waals surface area contributed by atoms with E-state index in [1.165, 1.54) is 6.07 Å². The summed E-state index contributed by atoms with van der Waals surface area (Å²) in [5.41, 5.74) is 1.42. The van der Waals surface area contributed by atoms with Gasteiger partial charge in [0.05, 0.1) is 12.2 Å². The molecule has 0 heterocycles. The van der Waals surface area contributed by atoms with Gasteiger partial charge >= 0.3 is 5.97 Å². The SMILES string of the molecule is CNCCN(C)c1cc(CN(C)CC(=O)O)ccc1F. The number of benzene rings is 1. The van der Waals surface area contributed by atoms with Crippen LogP contribution in [0.3, 0.4) is 0 Å². The molecule has 1 aromatic rings. The van der Waals surface area contributed by atoms with Gasteiger partial charge in [-0.3, -0.25) is 9.69 Å². The van der Waals surface area contributed by atoms with E-state index in [1.54, 1.807) is 24.1 Å². The molecule has 0 unspecified atom stereocenters. The van der Waals surface area contributed by atoms with Gasteiger partial charge in [0.15, 0.2) is 0 Å². The van der Waals surface area contributed by atoms with E-state index in [1.807, 2.05) is 19.0 Å². The van der Waals surface area contributed by atoms with E-state index >= 15 is 0 Å². The van der Waals surface area contributed by atoms with Crippen LogP contribution >= 0.6 is 0 Å². The van der Waals surface area contributed by atoms with Gasteiger partial charge in [-0.05, 0) is 31.8 Å². The van der Waals surface area contributed by atoms with Crippen molar-refractivity contribution in [1.29, 1.82) is 0 Å². The number of rotatable bonds is 8. The van der Waals surface area contributed by atoms with Crippen molar-refractivity contribution >= 4 is 11.7 Å². The highest BCUT2D eigenvalue weighted by molar-refractivity contribution is 5.69. The van der Waals surface area contributed by atoms with E-state index in [4.69, 9.17) is 5.11 Å². The average Bonchev–Trinajstić information content (AvgIpc) is 2.37. The van der Waals surface area contributed by atoms with Gasteiger partial charge in [0.2, 0.25) is 0 Å². The van der Waals surface area contributed by atoms with Gasteiger partial charge < -0.3 is 15.3 Å². The number of carbonyl (C=O) groups is 1. The molecule has 5 nitrogen and oxygen atoms in total. The van der Waals surface area contributed by atoms with E-state index in [9.17, 15) is 9.18 Å². The van der Waals surface area contributed by atoms with Crippen LogP contribution in [0.25, 0.3) is 0 Å². The van der Waals surface area contributed by atoms with Crippen LogP contribution in [0.4, 0.5) is 10.1 Å². The van der Waals surface area contributed by atoms with Crippen LogP contribution in [0, 0.1) is 5.82 Å². The summed E-state index contributed by atoms with van der Waals surface area (Å²) < 4.78 is 13.8. The van der Waals surface area contributed by atoms with Crippen LogP contribution < -0.4 is 10.2 Å². The van der Waals surface area contributed by atoms with E-state index in [-0.39, 0.29) is 12.4 Å². The lowest BCUT2D eigenvalue weighted by Gasteiger charge is -2.21. The third-order valence-electron chi connectivity index (χ3n) is 2.98. The third-order valence-corrected chi connectivity index (χ3v) is 2.98. The molecule has 2 N–H and O–H groups in total. The highest BCUT2D eigenvalue weighted by atomic mass is 19.1. The zero-order chi connectivity index (χ0) is 15.1. The van der Waals surface area contributed by atoms with E-state index < -0.39 is 5.97 Å². The summed E-state index contributed by atoms with van der Waals surface area (Å²) in [6.07, 6.45) is 0. The Hall–Kier alpha value is -1.66. The van der Waals surface area contributed by atoms with Crippen LogP contribution in [0.1, 0.15) is 5.56 Å². The Labute approximate surface area is 119 Å². The van der Waals surface area contributed by atoms with Gasteiger partial charge in [-0.2, -0.15) is 0 Å². The fourth-order valence-corrected chi connectivity index (χ4v) is 1.95. The first-order chi connectivity index (χ1) is 9.43. The Morgan fingerprint density at radius 3 is 2.70 bits per heavy atom. The number of halogens is 1. The molecule has 1 rings (SSSR count). The molecule has 20 heavy (non-hydrogen) atoms. The van der Waals surface area contributed by atoms with Crippen LogP contribution in [0.5, 0.6) is 0 Å². The second-order valence-electron chi connectivity index (χ2n) is 4.88. The zero-order valence-electron chi connectivity index (χ0n) is 12.2. The minimum Gasteiger partial charge on any atom is -0.480 e. The second-order valence-corrected chi connectivity index (χ2v) is 4.88. The van der Waals surface area contributed by atoms with Crippen molar-refractivity contribution in [1.82, 2.24) is 10.2 Å². The van der Waals surface area contributed by atoms with Crippen molar-refractivity contribution in [3.8, 4) is 0 Å². The lowest BCUT2D eigenvalue weighted by Crippen LogP contribution is -2.28. The number of likely N-dealkylation sites (N-methyl/N-ethyl adjacent to an activating group) is 3. The minimum atomic E-state index is -0.874. The van der Waals surface area contributed by atoms with Gasteiger partial charge in [-0.25, -0.2) is 4.39 Å². The first-order valence-corrected chi connectivity index (χ1v) is 6.48. The predicted molar refractivity (Wildman–Crippen MR) is 77.6 cm³/mol. The van der Waals surface area contributed by atoms with Gasteiger partial charge in [0.25, 0.3) is 0 Å². The molecule has 0 spiro atoms. The molecular formula is C14H22FN3O2. The Kier molecular flexibility index (Phi) is 6.41. The normalized spacial score (nSPS) is 10.8. The van der Waals surface area contributed by atoms with Crippen molar-refractivity contribution in [2.24, 2.45) is 0 Å². The highest BCUT2D eigenvalue weighted by Gasteiger charge is 2.10. The van der Waals surface area contributed by atoms with Crippen molar-refractivity contribution < 1.29 is 14.3 Å². The average molecular weight is 283 g/mol. The van der Waals surface area contributed by atoms with Crippen molar-refractivity contribution in [3.05, 3.63) is 29.6 Å². The second kappa shape index (κ2) is 7.81. The van der Waals surface area contributed by atoms with Crippen LogP contribution in [-0.4, -0.2) is 56.8 Å². The molecular weight excluding hydrogens is 261 g/mol. The standard InChI is InChI=1S/C14H22FN3O2/c1-16-6-7-18(3)13-8-11(4-5-12(13)15)9-17(2)10-14(19)20/h4-5,8,16H,6-7,9-10H2,1-3H3,(H,19,20). The number of nitrogens with zero attached hydrogens (tertiary/aromatic N) is 2. The van der Waals surface area contributed by atoms with E-state index in [2.05, 4.69) is 5.32 Å². The maximum absolute atomic E-state index is 13.8. The topological polar surface area (TPSA) is 55.8 Å². The van der Waals surface area contributed by atoms with Crippen molar-refractivity contribution in [2.45, 2.75) is 6.54 Å². The van der Waals surface area contributed by atoms with E-state index in [0.717, 1.165) is 12.1 Å². The molecule has 0 aliphatic heterocycles. The fraction of sp³-hybridized carbons (Fsp3) is 0.500. The number of anilines is 1. The number of hydrogen-bond donors (Lipinski definition) is 2. The first kappa shape index (κ1) is 16.4. The molecule has 1 aromatic carbocycles. The highest BCUT2D eigenvalue weighted by Crippen LogP contribution is 2.20. The molecule has 6 heteroatoms. The Morgan fingerprint density at radius 2 is 2.10 bits per heavy atom. The van der Waals surface area contributed by atoms with Gasteiger partial charge in [0.1, 0.15) is 5.82 Å². The molecule has 0 bridgehead atoms. The van der Waals surface area contributed by atoms with Crippen LogP contribution in [0.15, 0.2) is 18.2 Å². The Balaban J connectivity index is 2.77. The quantitative estimate of drug-likeness (QED) is 0.745. The molecule has 0 saturated carbocycles. The molecule has 112 valence electrons. The maximum Gasteiger partial charge on any atom is 0.317 e. The van der Waals surface area contributed by atoms with Crippen molar-refractivity contribution in [3.63, 3.8) is 0 Å². The number of hydrogen-bond acceptors (Lipinski definition) is 4. The number of carboxylic acids is 1. The molecule has 0 saturated heterocycles. The molecule has 0 aliphatic carbocycles. The summed E-state index contributed by atoms with van der Waals surface area (Å²) in [7, 11) is 5.41. The summed E-state index contributed by atoms with van der Waals surface area (Å²) in [6.45, 7) is 1.89. The Morgan fingerprint density at radius 1 is 1.40 bits per heavy atom. The summed E-state index contributed by atoms with van der Waals surface area (Å²) in [5, 5.41) is 11.7. The lowest BCUT2D eigenvalue weighted by molar-refractivity contribution is -0.138. The monoisotopic (exact) mass is 283 g/mol. The van der Waals surface area contributed by atoms with Gasteiger partial charge in [-0.15, -0.1) is 0 Å². The molecule has 0 radical (unpaired) electrons. The summed E-state index contributed by atoms with van der Waals surface area (Å²) in [4.78, 5) is 14.1. The summed E-state index contributed by atoms with van der Waals surface area (Å²) in [5.74, 6) is -1.14. The molecule has 0 fully saturated rings. The first-order valence-electron chi connectivity index (χ1n) is 6.48. The molecule has 0 amide bonds. The molecule has 0 atom stereocenters. The minimum absolute atomic E-state index is 0.0394. The maximum atomic E-state index is 13.8. The number of aliphatic carboxylic acids is 1. The van der Waals surface area contributed by atoms with Crippen LogP contribution in [-0.2, 0) is 11.3 Å². The number of carboxylic acid groups (broad SMARTS) is 1. The van der Waals surface area contributed by atoms with E-state index in [0.29, 0.717) is 18.8 Å². The van der Waals surface area contributed by atoms with Crippen LogP contribution in [0.2, 0.25) is 0 Å². The molecule has 0 aromatic heterocycles. The summed E-state index contributed by atoms with van der Waals surface area (Å²) >= 11 is 0. The number of nitrogens with one attached hydrogen (secondary N) is 1. The van der Waals surface area contributed by atoms with Gasteiger partial charge in [-0.1, -0.05) is 6.07 Å².